The fraction of sp³-hybridized carbons (Fsp3) is 0.533. The summed E-state index contributed by atoms with van der Waals surface area (Å²) < 4.78 is 5.70. The molecule has 106 valence electrons. The number of benzene rings is 1. The second-order valence-corrected chi connectivity index (χ2v) is 5.24. The molecular formula is C15H24N2O2. The summed E-state index contributed by atoms with van der Waals surface area (Å²) in [5, 5.41) is 2.83. The molecule has 1 aromatic rings. The van der Waals surface area contributed by atoms with Gasteiger partial charge in [0, 0.05) is 24.4 Å². The van der Waals surface area contributed by atoms with Gasteiger partial charge in [-0.1, -0.05) is 6.92 Å². The molecule has 19 heavy (non-hydrogen) atoms. The normalized spacial score (nSPS) is 11.3. The molecule has 0 radical (unpaired) electrons. The van der Waals surface area contributed by atoms with Crippen molar-refractivity contribution in [2.75, 3.05) is 17.7 Å². The minimum absolute atomic E-state index is 0.00248. The Hall–Kier alpha value is -1.55. The Bertz CT molecular complexity index is 399. The largest absolute Gasteiger partial charge is 0.399 e. The molecule has 0 aliphatic heterocycles. The lowest BCUT2D eigenvalue weighted by Crippen LogP contribution is -2.24. The first kappa shape index (κ1) is 15.5. The monoisotopic (exact) mass is 264 g/mol. The Balaban J connectivity index is 2.23. The van der Waals surface area contributed by atoms with E-state index in [1.807, 2.05) is 0 Å². The number of nitrogens with one attached hydrogen (secondary N) is 1. The summed E-state index contributed by atoms with van der Waals surface area (Å²) >= 11 is 0. The zero-order chi connectivity index (χ0) is 14.3. The number of carbonyl (C=O) groups excluding carboxylic acids is 1. The highest BCUT2D eigenvalue weighted by molar-refractivity contribution is 5.90. The third-order valence-electron chi connectivity index (χ3n) is 3.09. The lowest BCUT2D eigenvalue weighted by Gasteiger charge is -2.23. The van der Waals surface area contributed by atoms with Crippen molar-refractivity contribution in [1.29, 1.82) is 0 Å². The second-order valence-electron chi connectivity index (χ2n) is 5.24. The topological polar surface area (TPSA) is 64.3 Å². The lowest BCUT2D eigenvalue weighted by atomic mass is 10.1. The number of nitrogen functional groups attached to an aromatic ring is 1. The molecule has 0 fully saturated rings. The van der Waals surface area contributed by atoms with Crippen LogP contribution in [-0.4, -0.2) is 18.1 Å². The van der Waals surface area contributed by atoms with E-state index in [4.69, 9.17) is 10.5 Å². The molecule has 0 saturated carbocycles. The van der Waals surface area contributed by atoms with Gasteiger partial charge in [-0.2, -0.15) is 0 Å². The first-order valence-corrected chi connectivity index (χ1v) is 6.72. The molecule has 0 heterocycles. The molecular weight excluding hydrogens is 240 g/mol. The number of ether oxygens (including phenoxy) is 1. The van der Waals surface area contributed by atoms with Crippen LogP contribution in [-0.2, 0) is 9.53 Å². The number of rotatable bonds is 7. The van der Waals surface area contributed by atoms with Gasteiger partial charge in [0.2, 0.25) is 5.91 Å². The summed E-state index contributed by atoms with van der Waals surface area (Å²) in [6.45, 7) is 6.81. The van der Waals surface area contributed by atoms with E-state index >= 15 is 0 Å². The van der Waals surface area contributed by atoms with Gasteiger partial charge in [0.15, 0.2) is 0 Å². The minimum Gasteiger partial charge on any atom is -0.399 e. The van der Waals surface area contributed by atoms with E-state index in [9.17, 15) is 4.79 Å². The highest BCUT2D eigenvalue weighted by Crippen LogP contribution is 2.14. The number of amides is 1. The van der Waals surface area contributed by atoms with Crippen LogP contribution in [0.3, 0.4) is 0 Å². The van der Waals surface area contributed by atoms with Crippen molar-refractivity contribution in [2.24, 2.45) is 0 Å². The molecule has 3 N–H and O–H groups in total. The fourth-order valence-electron chi connectivity index (χ4n) is 1.47. The fourth-order valence-corrected chi connectivity index (χ4v) is 1.47. The molecule has 0 aliphatic rings. The Morgan fingerprint density at radius 2 is 1.95 bits per heavy atom. The number of hydrogen-bond acceptors (Lipinski definition) is 3. The van der Waals surface area contributed by atoms with Crippen molar-refractivity contribution in [3.05, 3.63) is 24.3 Å². The maximum Gasteiger partial charge on any atom is 0.224 e. The SMILES string of the molecule is CCC(C)(C)OCCCC(=O)Nc1ccc(N)cc1. The number of anilines is 2. The van der Waals surface area contributed by atoms with Gasteiger partial charge in [-0.15, -0.1) is 0 Å². The summed E-state index contributed by atoms with van der Waals surface area (Å²) in [6, 6.07) is 7.12. The van der Waals surface area contributed by atoms with Gasteiger partial charge in [0.25, 0.3) is 0 Å². The Morgan fingerprint density at radius 1 is 1.32 bits per heavy atom. The van der Waals surface area contributed by atoms with Crippen LogP contribution >= 0.6 is 0 Å². The van der Waals surface area contributed by atoms with Gasteiger partial charge in [-0.3, -0.25) is 4.79 Å². The van der Waals surface area contributed by atoms with Gasteiger partial charge in [-0.25, -0.2) is 0 Å². The van der Waals surface area contributed by atoms with E-state index in [0.29, 0.717) is 18.7 Å². The van der Waals surface area contributed by atoms with Crippen molar-refractivity contribution in [3.8, 4) is 0 Å². The van der Waals surface area contributed by atoms with E-state index in [1.165, 1.54) is 0 Å². The van der Waals surface area contributed by atoms with Gasteiger partial charge in [0.1, 0.15) is 0 Å². The predicted molar refractivity (Wildman–Crippen MR) is 79.0 cm³/mol. The average molecular weight is 264 g/mol. The van der Waals surface area contributed by atoms with E-state index in [1.54, 1.807) is 24.3 Å². The van der Waals surface area contributed by atoms with E-state index in [2.05, 4.69) is 26.1 Å². The third-order valence-corrected chi connectivity index (χ3v) is 3.09. The standard InChI is InChI=1S/C15H24N2O2/c1-4-15(2,3)19-11-5-6-14(18)17-13-9-7-12(16)8-10-13/h7-10H,4-6,11,16H2,1-3H3,(H,17,18). The number of carbonyl (C=O) groups is 1. The van der Waals surface area contributed by atoms with Crippen molar-refractivity contribution in [2.45, 2.75) is 45.6 Å². The summed E-state index contributed by atoms with van der Waals surface area (Å²) in [6.07, 6.45) is 2.15. The van der Waals surface area contributed by atoms with Gasteiger partial charge >= 0.3 is 0 Å². The molecule has 0 aromatic heterocycles. The Kier molecular flexibility index (Phi) is 5.83. The molecule has 1 aromatic carbocycles. The lowest BCUT2D eigenvalue weighted by molar-refractivity contribution is -0.117. The molecule has 0 spiro atoms. The van der Waals surface area contributed by atoms with Gasteiger partial charge in [-0.05, 0) is 51.0 Å². The first-order valence-electron chi connectivity index (χ1n) is 6.72. The first-order chi connectivity index (χ1) is 8.93. The van der Waals surface area contributed by atoms with Crippen molar-refractivity contribution >= 4 is 17.3 Å². The van der Waals surface area contributed by atoms with Crippen LogP contribution in [0.1, 0.15) is 40.0 Å². The van der Waals surface area contributed by atoms with Crippen LogP contribution in [0.15, 0.2) is 24.3 Å². The molecule has 1 rings (SSSR count). The van der Waals surface area contributed by atoms with Crippen LogP contribution in [0.2, 0.25) is 0 Å². The second kappa shape index (κ2) is 7.14. The molecule has 1 amide bonds. The van der Waals surface area contributed by atoms with Crippen molar-refractivity contribution in [1.82, 2.24) is 0 Å². The molecule has 4 nitrogen and oxygen atoms in total. The zero-order valence-electron chi connectivity index (χ0n) is 12.0. The Labute approximate surface area is 115 Å². The van der Waals surface area contributed by atoms with E-state index in [-0.39, 0.29) is 11.5 Å². The Morgan fingerprint density at radius 3 is 2.53 bits per heavy atom. The molecule has 4 heteroatoms. The van der Waals surface area contributed by atoms with Crippen LogP contribution in [0.25, 0.3) is 0 Å². The smallest absolute Gasteiger partial charge is 0.224 e. The maximum atomic E-state index is 11.7. The number of nitrogens with two attached hydrogens (primary N) is 1. The average Bonchev–Trinajstić information content (AvgIpc) is 2.38. The molecule has 0 aliphatic carbocycles. The van der Waals surface area contributed by atoms with Gasteiger partial charge in [0.05, 0.1) is 5.60 Å². The molecule has 0 atom stereocenters. The van der Waals surface area contributed by atoms with E-state index < -0.39 is 0 Å². The minimum atomic E-state index is -0.104. The molecule has 0 unspecified atom stereocenters. The van der Waals surface area contributed by atoms with Gasteiger partial charge < -0.3 is 15.8 Å². The number of hydrogen-bond donors (Lipinski definition) is 2. The van der Waals surface area contributed by atoms with E-state index in [0.717, 1.165) is 18.5 Å². The summed E-state index contributed by atoms with van der Waals surface area (Å²) in [5.41, 5.74) is 6.94. The summed E-state index contributed by atoms with van der Waals surface area (Å²) in [5.74, 6) is 0.00248. The summed E-state index contributed by atoms with van der Waals surface area (Å²) in [7, 11) is 0. The third kappa shape index (κ3) is 6.25. The highest BCUT2D eigenvalue weighted by Gasteiger charge is 2.14. The van der Waals surface area contributed by atoms with Crippen LogP contribution in [0.4, 0.5) is 11.4 Å². The van der Waals surface area contributed by atoms with Crippen LogP contribution < -0.4 is 11.1 Å². The maximum absolute atomic E-state index is 11.7. The molecule has 0 saturated heterocycles. The highest BCUT2D eigenvalue weighted by atomic mass is 16.5. The molecule has 0 bridgehead atoms. The predicted octanol–water partition coefficient (Wildman–Crippen LogP) is 3.19. The van der Waals surface area contributed by atoms with Crippen LogP contribution in [0, 0.1) is 0 Å². The zero-order valence-corrected chi connectivity index (χ0v) is 12.0. The summed E-state index contributed by atoms with van der Waals surface area (Å²) in [4.78, 5) is 11.7. The quantitative estimate of drug-likeness (QED) is 0.587. The van der Waals surface area contributed by atoms with Crippen LogP contribution in [0.5, 0.6) is 0 Å². The van der Waals surface area contributed by atoms with Crippen molar-refractivity contribution < 1.29 is 9.53 Å². The van der Waals surface area contributed by atoms with Crippen molar-refractivity contribution in [3.63, 3.8) is 0 Å².